The molecule has 0 atom stereocenters. The Labute approximate surface area is 99.0 Å². The molecule has 2 aromatic carbocycles. The van der Waals surface area contributed by atoms with Crippen LogP contribution in [0.2, 0.25) is 0 Å². The minimum Gasteiger partial charge on any atom is -0.358 e. The molecular formula is C14H12O3. The van der Waals surface area contributed by atoms with Crippen molar-refractivity contribution in [2.75, 3.05) is 0 Å². The van der Waals surface area contributed by atoms with Crippen LogP contribution >= 0.6 is 0 Å². The van der Waals surface area contributed by atoms with E-state index in [1.165, 1.54) is 6.07 Å². The predicted molar refractivity (Wildman–Crippen MR) is 63.5 cm³/mol. The number of benzene rings is 2. The zero-order valence-electron chi connectivity index (χ0n) is 9.08. The van der Waals surface area contributed by atoms with E-state index in [0.29, 0.717) is 11.8 Å². The highest BCUT2D eigenvalue weighted by Crippen LogP contribution is 2.28. The molecular weight excluding hydrogens is 216 g/mol. The smallest absolute Gasteiger partial charge is 0.218 e. The first-order valence-electron chi connectivity index (χ1n) is 5.21. The van der Waals surface area contributed by atoms with Crippen LogP contribution in [-0.4, -0.2) is 16.5 Å². The van der Waals surface area contributed by atoms with Gasteiger partial charge >= 0.3 is 0 Å². The van der Waals surface area contributed by atoms with Crippen molar-refractivity contribution in [1.29, 1.82) is 0 Å². The Morgan fingerprint density at radius 2 is 1.47 bits per heavy atom. The van der Waals surface area contributed by atoms with E-state index in [9.17, 15) is 15.0 Å². The van der Waals surface area contributed by atoms with Crippen molar-refractivity contribution < 1.29 is 15.0 Å². The molecule has 0 saturated heterocycles. The Bertz CT molecular complexity index is 518. The zero-order chi connectivity index (χ0) is 12.3. The van der Waals surface area contributed by atoms with Crippen molar-refractivity contribution in [1.82, 2.24) is 0 Å². The highest BCUT2D eigenvalue weighted by molar-refractivity contribution is 5.78. The maximum Gasteiger partial charge on any atom is 0.218 e. The van der Waals surface area contributed by atoms with Gasteiger partial charge in [0.25, 0.3) is 0 Å². The Kier molecular flexibility index (Phi) is 3.04. The van der Waals surface area contributed by atoms with Crippen molar-refractivity contribution >= 4 is 6.29 Å². The number of carbonyl (C=O) groups is 1. The van der Waals surface area contributed by atoms with Gasteiger partial charge in [-0.25, -0.2) is 0 Å². The van der Waals surface area contributed by atoms with Gasteiger partial charge < -0.3 is 10.2 Å². The average molecular weight is 228 g/mol. The molecule has 0 heterocycles. The van der Waals surface area contributed by atoms with E-state index in [0.717, 1.165) is 0 Å². The second-order valence-corrected chi connectivity index (χ2v) is 3.74. The number of aldehydes is 1. The van der Waals surface area contributed by atoms with Crippen LogP contribution in [0.3, 0.4) is 0 Å². The first-order chi connectivity index (χ1) is 8.16. The molecule has 0 unspecified atom stereocenters. The van der Waals surface area contributed by atoms with Crippen LogP contribution in [0.25, 0.3) is 0 Å². The third-order valence-electron chi connectivity index (χ3n) is 2.64. The standard InChI is InChI=1S/C14H12O3/c15-10-11-6-4-5-9-13(11)14(16,17)12-7-2-1-3-8-12/h1-10,16-17H. The second-order valence-electron chi connectivity index (χ2n) is 3.74. The molecule has 86 valence electrons. The van der Waals surface area contributed by atoms with Gasteiger partial charge in [-0.05, 0) is 0 Å². The Hall–Kier alpha value is -1.97. The molecule has 17 heavy (non-hydrogen) atoms. The molecule has 0 amide bonds. The maximum atomic E-state index is 10.9. The summed E-state index contributed by atoms with van der Waals surface area (Å²) in [6, 6.07) is 14.8. The normalized spacial score (nSPS) is 11.2. The molecule has 0 spiro atoms. The largest absolute Gasteiger partial charge is 0.358 e. The van der Waals surface area contributed by atoms with Gasteiger partial charge in [0.1, 0.15) is 0 Å². The van der Waals surface area contributed by atoms with Gasteiger partial charge in [-0.15, -0.1) is 0 Å². The fourth-order valence-corrected chi connectivity index (χ4v) is 1.74. The lowest BCUT2D eigenvalue weighted by Gasteiger charge is -2.23. The van der Waals surface area contributed by atoms with Crippen molar-refractivity contribution in [3.63, 3.8) is 0 Å². The molecule has 0 aliphatic heterocycles. The van der Waals surface area contributed by atoms with E-state index in [-0.39, 0.29) is 11.1 Å². The van der Waals surface area contributed by atoms with Crippen molar-refractivity contribution in [2.45, 2.75) is 5.79 Å². The lowest BCUT2D eigenvalue weighted by atomic mass is 9.94. The summed E-state index contributed by atoms with van der Waals surface area (Å²) >= 11 is 0. The highest BCUT2D eigenvalue weighted by Gasteiger charge is 2.30. The summed E-state index contributed by atoms with van der Waals surface area (Å²) in [5.74, 6) is -2.15. The third kappa shape index (κ3) is 2.11. The van der Waals surface area contributed by atoms with Crippen LogP contribution in [-0.2, 0) is 5.79 Å². The van der Waals surface area contributed by atoms with E-state index >= 15 is 0 Å². The van der Waals surface area contributed by atoms with Crippen LogP contribution < -0.4 is 0 Å². The van der Waals surface area contributed by atoms with Gasteiger partial charge in [0, 0.05) is 16.7 Å². The van der Waals surface area contributed by atoms with Crippen LogP contribution in [0.5, 0.6) is 0 Å². The molecule has 0 radical (unpaired) electrons. The van der Waals surface area contributed by atoms with Gasteiger partial charge in [-0.2, -0.15) is 0 Å². The number of carbonyl (C=O) groups excluding carboxylic acids is 1. The molecule has 2 rings (SSSR count). The summed E-state index contributed by atoms with van der Waals surface area (Å²) < 4.78 is 0. The summed E-state index contributed by atoms with van der Waals surface area (Å²) in [4.78, 5) is 10.9. The lowest BCUT2D eigenvalue weighted by molar-refractivity contribution is -0.132. The van der Waals surface area contributed by atoms with E-state index < -0.39 is 5.79 Å². The molecule has 0 fully saturated rings. The summed E-state index contributed by atoms with van der Waals surface area (Å²) in [6.45, 7) is 0. The van der Waals surface area contributed by atoms with Gasteiger partial charge in [0.15, 0.2) is 6.29 Å². The van der Waals surface area contributed by atoms with Crippen LogP contribution in [0.15, 0.2) is 54.6 Å². The summed E-state index contributed by atoms with van der Waals surface area (Å²) in [6.07, 6.45) is 0.611. The molecule has 0 bridgehead atoms. The zero-order valence-corrected chi connectivity index (χ0v) is 9.08. The SMILES string of the molecule is O=Cc1ccccc1C(O)(O)c1ccccc1. The fraction of sp³-hybridized carbons (Fsp3) is 0.0714. The predicted octanol–water partition coefficient (Wildman–Crippen LogP) is 1.68. The molecule has 2 aromatic rings. The van der Waals surface area contributed by atoms with Crippen molar-refractivity contribution in [3.05, 3.63) is 71.3 Å². The van der Waals surface area contributed by atoms with Crippen LogP contribution in [0, 0.1) is 0 Å². The molecule has 2 N–H and O–H groups in total. The summed E-state index contributed by atoms with van der Waals surface area (Å²) in [5, 5.41) is 20.3. The minimum atomic E-state index is -2.15. The quantitative estimate of drug-likeness (QED) is 0.620. The summed E-state index contributed by atoms with van der Waals surface area (Å²) in [7, 11) is 0. The Morgan fingerprint density at radius 3 is 2.12 bits per heavy atom. The lowest BCUT2D eigenvalue weighted by Crippen LogP contribution is -2.27. The van der Waals surface area contributed by atoms with Crippen LogP contribution in [0.4, 0.5) is 0 Å². The van der Waals surface area contributed by atoms with E-state index in [1.54, 1.807) is 48.5 Å². The van der Waals surface area contributed by atoms with Gasteiger partial charge in [0.2, 0.25) is 5.79 Å². The van der Waals surface area contributed by atoms with E-state index in [4.69, 9.17) is 0 Å². The Balaban J connectivity index is 2.55. The second kappa shape index (κ2) is 4.49. The van der Waals surface area contributed by atoms with Gasteiger partial charge in [0.05, 0.1) is 0 Å². The minimum absolute atomic E-state index is 0.182. The number of hydrogen-bond acceptors (Lipinski definition) is 3. The molecule has 0 saturated carbocycles. The van der Waals surface area contributed by atoms with Crippen molar-refractivity contribution in [2.24, 2.45) is 0 Å². The topological polar surface area (TPSA) is 57.5 Å². The first kappa shape index (κ1) is 11.5. The van der Waals surface area contributed by atoms with E-state index in [1.807, 2.05) is 0 Å². The number of aliphatic hydroxyl groups is 2. The molecule has 3 nitrogen and oxygen atoms in total. The van der Waals surface area contributed by atoms with Crippen LogP contribution in [0.1, 0.15) is 21.5 Å². The van der Waals surface area contributed by atoms with Gasteiger partial charge in [-0.1, -0.05) is 54.6 Å². The number of hydrogen-bond donors (Lipinski definition) is 2. The monoisotopic (exact) mass is 228 g/mol. The number of rotatable bonds is 3. The molecule has 0 aromatic heterocycles. The summed E-state index contributed by atoms with van der Waals surface area (Å²) in [5.41, 5.74) is 0.775. The molecule has 0 aliphatic rings. The van der Waals surface area contributed by atoms with Crippen molar-refractivity contribution in [3.8, 4) is 0 Å². The Morgan fingerprint density at radius 1 is 0.882 bits per heavy atom. The fourth-order valence-electron chi connectivity index (χ4n) is 1.74. The average Bonchev–Trinajstić information content (AvgIpc) is 2.39. The molecule has 3 heteroatoms. The maximum absolute atomic E-state index is 10.9. The first-order valence-corrected chi connectivity index (χ1v) is 5.21. The van der Waals surface area contributed by atoms with Gasteiger partial charge in [-0.3, -0.25) is 4.79 Å². The molecule has 0 aliphatic carbocycles. The highest BCUT2D eigenvalue weighted by atomic mass is 16.5. The van der Waals surface area contributed by atoms with E-state index in [2.05, 4.69) is 0 Å². The third-order valence-corrected chi connectivity index (χ3v) is 2.64.